The predicted octanol–water partition coefficient (Wildman–Crippen LogP) is 2.81. The average Bonchev–Trinajstić information content (AvgIpc) is 2.85. The van der Waals surface area contributed by atoms with Gasteiger partial charge in [0, 0.05) is 29.5 Å². The molecule has 2 heterocycles. The Kier molecular flexibility index (Phi) is 4.12. The van der Waals surface area contributed by atoms with E-state index in [1.165, 1.54) is 18.9 Å². The van der Waals surface area contributed by atoms with Crippen molar-refractivity contribution in [3.8, 4) is 0 Å². The molecule has 0 radical (unpaired) electrons. The minimum absolute atomic E-state index is 0.199. The van der Waals surface area contributed by atoms with E-state index in [0.717, 1.165) is 29.1 Å². The lowest BCUT2D eigenvalue weighted by Gasteiger charge is -2.15. The topological polar surface area (TPSA) is 42.7 Å². The molecule has 0 saturated carbocycles. The molecule has 6 heteroatoms. The average molecular weight is 339 g/mol. The first-order valence-electron chi connectivity index (χ1n) is 6.79. The Balaban J connectivity index is 1.61. The van der Waals surface area contributed by atoms with Gasteiger partial charge in [0.2, 0.25) is 0 Å². The molecule has 0 saturated heterocycles. The third-order valence-corrected chi connectivity index (χ3v) is 4.04. The van der Waals surface area contributed by atoms with E-state index in [-0.39, 0.29) is 5.82 Å². The van der Waals surface area contributed by atoms with Crippen molar-refractivity contribution in [2.45, 2.75) is 38.9 Å². The zero-order valence-electron chi connectivity index (χ0n) is 11.1. The highest BCUT2D eigenvalue weighted by atomic mass is 79.9. The van der Waals surface area contributed by atoms with E-state index in [0.29, 0.717) is 18.7 Å². The molecule has 0 fully saturated rings. The van der Waals surface area contributed by atoms with Crippen molar-refractivity contribution in [2.75, 3.05) is 0 Å². The van der Waals surface area contributed by atoms with Crippen LogP contribution in [0.2, 0.25) is 0 Å². The monoisotopic (exact) mass is 338 g/mol. The summed E-state index contributed by atoms with van der Waals surface area (Å²) < 4.78 is 16.6. The Bertz CT molecular complexity index is 611. The molecule has 2 aromatic rings. The minimum Gasteiger partial charge on any atom is -0.314 e. The third-order valence-electron chi connectivity index (χ3n) is 3.55. The van der Waals surface area contributed by atoms with Crippen LogP contribution in [0.15, 0.2) is 22.7 Å². The molecule has 1 aliphatic heterocycles. The summed E-state index contributed by atoms with van der Waals surface area (Å²) in [6, 6.07) is 5.11. The van der Waals surface area contributed by atoms with Gasteiger partial charge in [-0.3, -0.25) is 0 Å². The maximum absolute atomic E-state index is 13.7. The number of nitrogens with zero attached hydrogens (tertiary/aromatic N) is 3. The van der Waals surface area contributed by atoms with E-state index in [2.05, 4.69) is 36.0 Å². The van der Waals surface area contributed by atoms with Gasteiger partial charge in [-0.05, 0) is 25.0 Å². The standard InChI is InChI=1S/C14H16BrFN4/c15-11-5-4-10(12(16)7-11)8-17-9-14-19-18-13-3-1-2-6-20(13)14/h4-5,7,17H,1-3,6,8-9H2. The summed E-state index contributed by atoms with van der Waals surface area (Å²) in [5.41, 5.74) is 0.659. The number of hydrogen-bond acceptors (Lipinski definition) is 3. The number of aromatic nitrogens is 3. The Morgan fingerprint density at radius 2 is 2.15 bits per heavy atom. The Morgan fingerprint density at radius 1 is 1.25 bits per heavy atom. The summed E-state index contributed by atoms with van der Waals surface area (Å²) >= 11 is 3.26. The summed E-state index contributed by atoms with van der Waals surface area (Å²) in [6.07, 6.45) is 3.38. The van der Waals surface area contributed by atoms with Crippen LogP contribution in [0.5, 0.6) is 0 Å². The molecule has 0 unspecified atom stereocenters. The fourth-order valence-corrected chi connectivity index (χ4v) is 2.81. The molecular weight excluding hydrogens is 323 g/mol. The van der Waals surface area contributed by atoms with Crippen molar-refractivity contribution in [1.29, 1.82) is 0 Å². The molecule has 0 bridgehead atoms. The van der Waals surface area contributed by atoms with Crippen molar-refractivity contribution in [3.05, 3.63) is 45.7 Å². The van der Waals surface area contributed by atoms with Crippen LogP contribution in [-0.4, -0.2) is 14.8 Å². The number of fused-ring (bicyclic) bond motifs is 1. The molecule has 3 rings (SSSR count). The van der Waals surface area contributed by atoms with Gasteiger partial charge in [0.15, 0.2) is 0 Å². The van der Waals surface area contributed by atoms with Crippen molar-refractivity contribution in [1.82, 2.24) is 20.1 Å². The number of benzene rings is 1. The predicted molar refractivity (Wildman–Crippen MR) is 77.6 cm³/mol. The first-order chi connectivity index (χ1) is 9.74. The fraction of sp³-hybridized carbons (Fsp3) is 0.429. The van der Waals surface area contributed by atoms with Crippen LogP contribution in [0.3, 0.4) is 0 Å². The van der Waals surface area contributed by atoms with Crippen LogP contribution in [0, 0.1) is 5.82 Å². The van der Waals surface area contributed by atoms with E-state index in [4.69, 9.17) is 0 Å². The smallest absolute Gasteiger partial charge is 0.147 e. The number of nitrogens with one attached hydrogen (secondary N) is 1. The molecule has 0 aliphatic carbocycles. The van der Waals surface area contributed by atoms with Crippen LogP contribution in [0.1, 0.15) is 30.1 Å². The molecular formula is C14H16BrFN4. The van der Waals surface area contributed by atoms with E-state index in [1.807, 2.05) is 6.07 Å². The van der Waals surface area contributed by atoms with Gasteiger partial charge in [0.1, 0.15) is 17.5 Å². The quantitative estimate of drug-likeness (QED) is 0.932. The SMILES string of the molecule is Fc1cc(Br)ccc1CNCc1nnc2n1CCCC2. The molecule has 1 aliphatic rings. The summed E-state index contributed by atoms with van der Waals surface area (Å²) in [7, 11) is 0. The Morgan fingerprint density at radius 3 is 3.00 bits per heavy atom. The van der Waals surface area contributed by atoms with Gasteiger partial charge in [0.05, 0.1) is 6.54 Å². The second-order valence-corrected chi connectivity index (χ2v) is 5.90. The molecule has 1 aromatic heterocycles. The van der Waals surface area contributed by atoms with Gasteiger partial charge in [0.25, 0.3) is 0 Å². The Hall–Kier alpha value is -1.27. The fourth-order valence-electron chi connectivity index (χ4n) is 2.47. The maximum Gasteiger partial charge on any atom is 0.147 e. The highest BCUT2D eigenvalue weighted by molar-refractivity contribution is 9.10. The second-order valence-electron chi connectivity index (χ2n) is 4.98. The van der Waals surface area contributed by atoms with Crippen molar-refractivity contribution >= 4 is 15.9 Å². The lowest BCUT2D eigenvalue weighted by atomic mass is 10.1. The molecule has 0 atom stereocenters. The molecule has 0 amide bonds. The number of hydrogen-bond donors (Lipinski definition) is 1. The lowest BCUT2D eigenvalue weighted by Crippen LogP contribution is -2.19. The van der Waals surface area contributed by atoms with E-state index in [1.54, 1.807) is 6.07 Å². The van der Waals surface area contributed by atoms with Gasteiger partial charge in [-0.15, -0.1) is 10.2 Å². The number of rotatable bonds is 4. The normalized spacial score (nSPS) is 14.3. The highest BCUT2D eigenvalue weighted by Gasteiger charge is 2.15. The van der Waals surface area contributed by atoms with Gasteiger partial charge in [-0.1, -0.05) is 22.0 Å². The van der Waals surface area contributed by atoms with Crippen LogP contribution >= 0.6 is 15.9 Å². The van der Waals surface area contributed by atoms with Gasteiger partial charge in [-0.2, -0.15) is 0 Å². The molecule has 1 N–H and O–H groups in total. The number of aryl methyl sites for hydroxylation is 1. The molecule has 106 valence electrons. The van der Waals surface area contributed by atoms with Gasteiger partial charge < -0.3 is 9.88 Å². The van der Waals surface area contributed by atoms with Crippen molar-refractivity contribution < 1.29 is 4.39 Å². The van der Waals surface area contributed by atoms with Crippen LogP contribution < -0.4 is 5.32 Å². The van der Waals surface area contributed by atoms with Gasteiger partial charge in [-0.25, -0.2) is 4.39 Å². The first kappa shape index (κ1) is 13.7. The van der Waals surface area contributed by atoms with Crippen molar-refractivity contribution in [2.24, 2.45) is 0 Å². The maximum atomic E-state index is 13.7. The summed E-state index contributed by atoms with van der Waals surface area (Å²) in [6.45, 7) is 2.09. The Labute approximate surface area is 125 Å². The van der Waals surface area contributed by atoms with Crippen molar-refractivity contribution in [3.63, 3.8) is 0 Å². The van der Waals surface area contributed by atoms with Gasteiger partial charge >= 0.3 is 0 Å². The molecule has 20 heavy (non-hydrogen) atoms. The minimum atomic E-state index is -0.199. The third kappa shape index (κ3) is 2.91. The first-order valence-corrected chi connectivity index (χ1v) is 7.59. The van der Waals surface area contributed by atoms with E-state index < -0.39 is 0 Å². The number of halogens is 2. The second kappa shape index (κ2) is 6.01. The molecule has 1 aromatic carbocycles. The summed E-state index contributed by atoms with van der Waals surface area (Å²) in [5, 5.41) is 11.7. The largest absolute Gasteiger partial charge is 0.314 e. The van der Waals surface area contributed by atoms with Crippen LogP contribution in [0.4, 0.5) is 4.39 Å². The zero-order valence-corrected chi connectivity index (χ0v) is 12.7. The lowest BCUT2D eigenvalue weighted by molar-refractivity contribution is 0.495. The van der Waals surface area contributed by atoms with Crippen LogP contribution in [0.25, 0.3) is 0 Å². The summed E-state index contributed by atoms with van der Waals surface area (Å²) in [4.78, 5) is 0. The van der Waals surface area contributed by atoms with E-state index in [9.17, 15) is 4.39 Å². The van der Waals surface area contributed by atoms with E-state index >= 15 is 0 Å². The highest BCUT2D eigenvalue weighted by Crippen LogP contribution is 2.16. The summed E-state index contributed by atoms with van der Waals surface area (Å²) in [5.74, 6) is 1.82. The van der Waals surface area contributed by atoms with Crippen LogP contribution in [-0.2, 0) is 26.1 Å². The molecule has 4 nitrogen and oxygen atoms in total. The zero-order chi connectivity index (χ0) is 13.9. The molecule has 0 spiro atoms.